The van der Waals surface area contributed by atoms with Crippen molar-refractivity contribution in [1.82, 2.24) is 9.78 Å². The van der Waals surface area contributed by atoms with E-state index in [1.807, 2.05) is 31.2 Å². The van der Waals surface area contributed by atoms with Crippen molar-refractivity contribution in [1.29, 1.82) is 0 Å². The van der Waals surface area contributed by atoms with E-state index in [1.54, 1.807) is 28.9 Å². The van der Waals surface area contributed by atoms with Crippen LogP contribution in [0, 0.1) is 6.92 Å². The summed E-state index contributed by atoms with van der Waals surface area (Å²) in [7, 11) is 1.80. The molecule has 0 fully saturated rings. The Bertz CT molecular complexity index is 574. The minimum atomic E-state index is -0.0945. The molecule has 1 amide bonds. The van der Waals surface area contributed by atoms with Crippen LogP contribution in [0.4, 0.5) is 5.69 Å². The van der Waals surface area contributed by atoms with E-state index >= 15 is 0 Å². The highest BCUT2D eigenvalue weighted by Gasteiger charge is 2.19. The Hall–Kier alpha value is -2.14. The molecule has 2 rings (SSSR count). The third kappa shape index (κ3) is 3.24. The van der Waals surface area contributed by atoms with Gasteiger partial charge in [0.1, 0.15) is 0 Å². The lowest BCUT2D eigenvalue weighted by atomic mass is 10.2. The zero-order chi connectivity index (χ0) is 14.5. The quantitative estimate of drug-likeness (QED) is 0.901. The standard InChI is InChI=1S/C15H20N4O/c1-12-4-6-13(7-5-12)19(10-3-9-16)15(20)14-8-11-18(2)17-14/h4-8,11H,3,9-10,16H2,1-2H3. The average molecular weight is 272 g/mol. The van der Waals surface area contributed by atoms with Crippen LogP contribution in [0.5, 0.6) is 0 Å². The van der Waals surface area contributed by atoms with E-state index in [4.69, 9.17) is 5.73 Å². The monoisotopic (exact) mass is 272 g/mol. The van der Waals surface area contributed by atoms with Crippen molar-refractivity contribution in [2.45, 2.75) is 13.3 Å². The van der Waals surface area contributed by atoms with Crippen molar-refractivity contribution >= 4 is 11.6 Å². The molecule has 0 saturated carbocycles. The van der Waals surface area contributed by atoms with E-state index in [-0.39, 0.29) is 5.91 Å². The molecular weight excluding hydrogens is 252 g/mol. The van der Waals surface area contributed by atoms with Crippen LogP contribution >= 0.6 is 0 Å². The first kappa shape index (κ1) is 14.3. The maximum absolute atomic E-state index is 12.6. The molecule has 20 heavy (non-hydrogen) atoms. The minimum absolute atomic E-state index is 0.0945. The van der Waals surface area contributed by atoms with E-state index in [2.05, 4.69) is 5.10 Å². The number of aryl methyl sites for hydroxylation is 2. The molecule has 0 aliphatic carbocycles. The second-order valence-electron chi connectivity index (χ2n) is 4.81. The summed E-state index contributed by atoms with van der Waals surface area (Å²) in [4.78, 5) is 14.3. The summed E-state index contributed by atoms with van der Waals surface area (Å²) in [5.74, 6) is -0.0945. The SMILES string of the molecule is Cc1ccc(N(CCCN)C(=O)c2ccn(C)n2)cc1. The number of rotatable bonds is 5. The molecule has 1 aromatic carbocycles. The van der Waals surface area contributed by atoms with Gasteiger partial charge in [0.2, 0.25) is 0 Å². The smallest absolute Gasteiger partial charge is 0.278 e. The summed E-state index contributed by atoms with van der Waals surface area (Å²) in [6.45, 7) is 3.17. The fourth-order valence-electron chi connectivity index (χ4n) is 1.99. The van der Waals surface area contributed by atoms with Crippen LogP contribution in [-0.2, 0) is 7.05 Å². The van der Waals surface area contributed by atoms with Gasteiger partial charge in [0.15, 0.2) is 5.69 Å². The minimum Gasteiger partial charge on any atom is -0.330 e. The topological polar surface area (TPSA) is 64.2 Å². The summed E-state index contributed by atoms with van der Waals surface area (Å²) in [5.41, 5.74) is 8.05. The highest BCUT2D eigenvalue weighted by molar-refractivity contribution is 6.04. The van der Waals surface area contributed by atoms with Crippen LogP contribution in [-0.4, -0.2) is 28.8 Å². The molecule has 5 heteroatoms. The summed E-state index contributed by atoms with van der Waals surface area (Å²) in [6, 6.07) is 9.62. The Morgan fingerprint density at radius 3 is 2.55 bits per heavy atom. The molecule has 5 nitrogen and oxygen atoms in total. The molecule has 0 saturated heterocycles. The van der Waals surface area contributed by atoms with E-state index in [1.165, 1.54) is 0 Å². The Balaban J connectivity index is 2.27. The number of nitrogens with two attached hydrogens (primary N) is 1. The molecule has 1 aromatic heterocycles. The van der Waals surface area contributed by atoms with Gasteiger partial charge >= 0.3 is 0 Å². The molecular formula is C15H20N4O. The van der Waals surface area contributed by atoms with Crippen LogP contribution in [0.15, 0.2) is 36.5 Å². The molecule has 0 bridgehead atoms. The zero-order valence-corrected chi connectivity index (χ0v) is 11.9. The van der Waals surface area contributed by atoms with E-state index in [0.717, 1.165) is 17.7 Å². The summed E-state index contributed by atoms with van der Waals surface area (Å²) in [6.07, 6.45) is 2.52. The van der Waals surface area contributed by atoms with Crippen molar-refractivity contribution in [2.24, 2.45) is 12.8 Å². The maximum Gasteiger partial charge on any atom is 0.278 e. The van der Waals surface area contributed by atoms with Gasteiger partial charge in [0.25, 0.3) is 5.91 Å². The highest BCUT2D eigenvalue weighted by atomic mass is 16.2. The third-order valence-corrected chi connectivity index (χ3v) is 3.11. The van der Waals surface area contributed by atoms with E-state index < -0.39 is 0 Å². The lowest BCUT2D eigenvalue weighted by molar-refractivity contribution is 0.0981. The Labute approximate surface area is 119 Å². The number of hydrogen-bond acceptors (Lipinski definition) is 3. The second kappa shape index (κ2) is 6.34. The number of carbonyl (C=O) groups is 1. The molecule has 0 unspecified atom stereocenters. The number of benzene rings is 1. The summed E-state index contributed by atoms with van der Waals surface area (Å²) in [5, 5.41) is 4.18. The fourth-order valence-corrected chi connectivity index (χ4v) is 1.99. The van der Waals surface area contributed by atoms with Crippen molar-refractivity contribution in [3.8, 4) is 0 Å². The van der Waals surface area contributed by atoms with Crippen molar-refractivity contribution in [3.05, 3.63) is 47.8 Å². The Kier molecular flexibility index (Phi) is 4.53. The molecule has 0 radical (unpaired) electrons. The van der Waals surface area contributed by atoms with Gasteiger partial charge in [-0.25, -0.2) is 0 Å². The van der Waals surface area contributed by atoms with Gasteiger partial charge in [-0.3, -0.25) is 9.48 Å². The summed E-state index contributed by atoms with van der Waals surface area (Å²) < 4.78 is 1.63. The number of amides is 1. The fraction of sp³-hybridized carbons (Fsp3) is 0.333. The van der Waals surface area contributed by atoms with Gasteiger partial charge in [-0.15, -0.1) is 0 Å². The van der Waals surface area contributed by atoms with Crippen LogP contribution in [0.25, 0.3) is 0 Å². The van der Waals surface area contributed by atoms with Gasteiger partial charge in [-0.2, -0.15) is 5.10 Å². The van der Waals surface area contributed by atoms with E-state index in [0.29, 0.717) is 18.8 Å². The number of nitrogens with zero attached hydrogens (tertiary/aromatic N) is 3. The van der Waals surface area contributed by atoms with Crippen molar-refractivity contribution in [3.63, 3.8) is 0 Å². The molecule has 2 aromatic rings. The maximum atomic E-state index is 12.6. The molecule has 0 atom stereocenters. The van der Waals surface area contributed by atoms with Crippen LogP contribution in [0.2, 0.25) is 0 Å². The Morgan fingerprint density at radius 2 is 2.00 bits per heavy atom. The lowest BCUT2D eigenvalue weighted by Crippen LogP contribution is -2.33. The molecule has 106 valence electrons. The first-order valence-corrected chi connectivity index (χ1v) is 6.70. The number of anilines is 1. The van der Waals surface area contributed by atoms with Gasteiger partial charge in [0, 0.05) is 25.5 Å². The molecule has 1 heterocycles. The van der Waals surface area contributed by atoms with Gasteiger partial charge in [0.05, 0.1) is 0 Å². The average Bonchev–Trinajstić information content (AvgIpc) is 2.87. The molecule has 0 aliphatic heterocycles. The largest absolute Gasteiger partial charge is 0.330 e. The first-order chi connectivity index (χ1) is 9.61. The second-order valence-corrected chi connectivity index (χ2v) is 4.81. The third-order valence-electron chi connectivity index (χ3n) is 3.11. The van der Waals surface area contributed by atoms with Crippen molar-refractivity contribution < 1.29 is 4.79 Å². The number of hydrogen-bond donors (Lipinski definition) is 1. The number of aromatic nitrogens is 2. The highest BCUT2D eigenvalue weighted by Crippen LogP contribution is 2.18. The van der Waals surface area contributed by atoms with Gasteiger partial charge < -0.3 is 10.6 Å². The van der Waals surface area contributed by atoms with Gasteiger partial charge in [-0.05, 0) is 38.1 Å². The number of carbonyl (C=O) groups excluding carboxylic acids is 1. The predicted molar refractivity (Wildman–Crippen MR) is 79.7 cm³/mol. The predicted octanol–water partition coefficient (Wildman–Crippen LogP) is 1.72. The van der Waals surface area contributed by atoms with Crippen LogP contribution < -0.4 is 10.6 Å². The molecule has 0 aliphatic rings. The van der Waals surface area contributed by atoms with Gasteiger partial charge in [-0.1, -0.05) is 17.7 Å². The Morgan fingerprint density at radius 1 is 1.30 bits per heavy atom. The summed E-state index contributed by atoms with van der Waals surface area (Å²) >= 11 is 0. The zero-order valence-electron chi connectivity index (χ0n) is 11.9. The van der Waals surface area contributed by atoms with Crippen LogP contribution in [0.1, 0.15) is 22.5 Å². The van der Waals surface area contributed by atoms with E-state index in [9.17, 15) is 4.79 Å². The molecule has 2 N–H and O–H groups in total. The van der Waals surface area contributed by atoms with Crippen molar-refractivity contribution in [2.75, 3.05) is 18.0 Å². The lowest BCUT2D eigenvalue weighted by Gasteiger charge is -2.22. The first-order valence-electron chi connectivity index (χ1n) is 6.70. The molecule has 0 spiro atoms. The normalized spacial score (nSPS) is 10.6. The van der Waals surface area contributed by atoms with Crippen LogP contribution in [0.3, 0.4) is 0 Å².